The Kier molecular flexibility index (Phi) is 2.99. The van der Waals surface area contributed by atoms with Crippen molar-refractivity contribution in [1.29, 1.82) is 0 Å². The van der Waals surface area contributed by atoms with E-state index in [1.807, 2.05) is 6.92 Å². The average Bonchev–Trinajstić information content (AvgIpc) is 2.63. The monoisotopic (exact) mass is 234 g/mol. The molecule has 2 aromatic rings. The smallest absolute Gasteiger partial charge is 0.335 e. The van der Waals surface area contributed by atoms with Gasteiger partial charge < -0.3 is 9.84 Å². The fourth-order valence-corrected chi connectivity index (χ4v) is 1.66. The second-order valence-corrected chi connectivity index (χ2v) is 3.81. The van der Waals surface area contributed by atoms with E-state index in [1.165, 1.54) is 0 Å². The highest BCUT2D eigenvalue weighted by Crippen LogP contribution is 2.25. The van der Waals surface area contributed by atoms with Crippen LogP contribution in [0.15, 0.2) is 18.2 Å². The lowest BCUT2D eigenvalue weighted by atomic mass is 10.1. The normalized spacial score (nSPS) is 10.7. The van der Waals surface area contributed by atoms with Gasteiger partial charge in [0.25, 0.3) is 0 Å². The van der Waals surface area contributed by atoms with Crippen molar-refractivity contribution >= 4 is 16.9 Å². The van der Waals surface area contributed by atoms with Crippen molar-refractivity contribution in [3.05, 3.63) is 23.8 Å². The number of aromatic carboxylic acids is 1. The summed E-state index contributed by atoms with van der Waals surface area (Å²) in [6.07, 6.45) is 0.908. The van der Waals surface area contributed by atoms with E-state index >= 15 is 0 Å². The molecule has 1 heterocycles. The number of aryl methyl sites for hydroxylation is 1. The quantitative estimate of drug-likeness (QED) is 0.879. The first-order valence-electron chi connectivity index (χ1n) is 5.46. The van der Waals surface area contributed by atoms with E-state index in [1.54, 1.807) is 29.9 Å². The molecule has 0 bridgehead atoms. The van der Waals surface area contributed by atoms with Crippen LogP contribution < -0.4 is 4.74 Å². The van der Waals surface area contributed by atoms with Crippen molar-refractivity contribution in [1.82, 2.24) is 9.78 Å². The summed E-state index contributed by atoms with van der Waals surface area (Å²) < 4.78 is 7.14. The van der Waals surface area contributed by atoms with Crippen LogP contribution in [0.4, 0.5) is 0 Å². The summed E-state index contributed by atoms with van der Waals surface area (Å²) in [7, 11) is 1.77. The third-order valence-corrected chi connectivity index (χ3v) is 2.51. The minimum Gasteiger partial charge on any atom is -0.478 e. The third-order valence-electron chi connectivity index (χ3n) is 2.51. The topological polar surface area (TPSA) is 64.4 Å². The van der Waals surface area contributed by atoms with E-state index in [0.29, 0.717) is 12.5 Å². The summed E-state index contributed by atoms with van der Waals surface area (Å²) in [4.78, 5) is 10.9. The predicted octanol–water partition coefficient (Wildman–Crippen LogP) is 2.06. The molecule has 0 fully saturated rings. The Morgan fingerprint density at radius 2 is 2.29 bits per heavy atom. The predicted molar refractivity (Wildman–Crippen MR) is 63.5 cm³/mol. The molecule has 0 saturated carbocycles. The summed E-state index contributed by atoms with van der Waals surface area (Å²) in [6.45, 7) is 2.63. The molecule has 0 aliphatic heterocycles. The number of carboxylic acid groups (broad SMARTS) is 1. The molecule has 0 radical (unpaired) electrons. The van der Waals surface area contributed by atoms with Crippen molar-refractivity contribution < 1.29 is 14.6 Å². The van der Waals surface area contributed by atoms with Crippen LogP contribution in [0.5, 0.6) is 5.88 Å². The molecule has 0 unspecified atom stereocenters. The van der Waals surface area contributed by atoms with E-state index in [9.17, 15) is 4.79 Å². The molecule has 17 heavy (non-hydrogen) atoms. The highest BCUT2D eigenvalue weighted by atomic mass is 16.5. The molecule has 0 aliphatic carbocycles. The Labute approximate surface area is 98.6 Å². The first-order valence-corrected chi connectivity index (χ1v) is 5.46. The summed E-state index contributed by atoms with van der Waals surface area (Å²) in [5, 5.41) is 14.0. The van der Waals surface area contributed by atoms with E-state index in [-0.39, 0.29) is 5.56 Å². The maximum atomic E-state index is 10.9. The average molecular weight is 234 g/mol. The Hall–Kier alpha value is -2.04. The Balaban J connectivity index is 2.49. The molecule has 5 heteroatoms. The Bertz CT molecular complexity index is 560. The Morgan fingerprint density at radius 1 is 1.53 bits per heavy atom. The number of carboxylic acids is 1. The number of benzene rings is 1. The number of nitrogens with zero attached hydrogens (tertiary/aromatic N) is 2. The van der Waals surface area contributed by atoms with Gasteiger partial charge in [0.05, 0.1) is 23.1 Å². The molecule has 0 spiro atoms. The molecule has 0 aliphatic rings. The first kappa shape index (κ1) is 11.4. The number of aromatic nitrogens is 2. The van der Waals surface area contributed by atoms with Gasteiger partial charge in [-0.05, 0) is 24.6 Å². The van der Waals surface area contributed by atoms with Crippen LogP contribution in [-0.4, -0.2) is 27.5 Å². The zero-order valence-electron chi connectivity index (χ0n) is 9.80. The zero-order chi connectivity index (χ0) is 12.4. The van der Waals surface area contributed by atoms with E-state index in [0.717, 1.165) is 17.3 Å². The van der Waals surface area contributed by atoms with E-state index < -0.39 is 5.97 Å². The van der Waals surface area contributed by atoms with Crippen molar-refractivity contribution in [2.24, 2.45) is 7.05 Å². The van der Waals surface area contributed by atoms with Crippen LogP contribution in [0.1, 0.15) is 23.7 Å². The summed E-state index contributed by atoms with van der Waals surface area (Å²) in [6, 6.07) is 4.89. The molecular formula is C12H14N2O3. The van der Waals surface area contributed by atoms with Crippen molar-refractivity contribution in [3.63, 3.8) is 0 Å². The second kappa shape index (κ2) is 4.45. The molecule has 0 saturated heterocycles. The summed E-state index contributed by atoms with van der Waals surface area (Å²) in [5.41, 5.74) is 1.01. The molecule has 1 aromatic carbocycles. The molecule has 1 aromatic heterocycles. The number of fused-ring (bicyclic) bond motifs is 1. The SMILES string of the molecule is CCCOc1nn(C)c2cc(C(=O)O)ccc12. The van der Waals surface area contributed by atoms with Gasteiger partial charge >= 0.3 is 5.97 Å². The fraction of sp³-hybridized carbons (Fsp3) is 0.333. The van der Waals surface area contributed by atoms with Gasteiger partial charge in [-0.3, -0.25) is 4.68 Å². The molecule has 2 rings (SSSR count). The molecule has 1 N–H and O–H groups in total. The third kappa shape index (κ3) is 2.08. The maximum Gasteiger partial charge on any atom is 0.335 e. The summed E-state index contributed by atoms with van der Waals surface area (Å²) in [5.74, 6) is -0.384. The van der Waals surface area contributed by atoms with Crippen molar-refractivity contribution in [2.75, 3.05) is 6.61 Å². The van der Waals surface area contributed by atoms with Gasteiger partial charge in [0.2, 0.25) is 5.88 Å². The lowest BCUT2D eigenvalue weighted by molar-refractivity contribution is 0.0697. The van der Waals surface area contributed by atoms with Crippen LogP contribution in [-0.2, 0) is 7.05 Å². The van der Waals surface area contributed by atoms with Crippen LogP contribution >= 0.6 is 0 Å². The van der Waals surface area contributed by atoms with Gasteiger partial charge in [-0.25, -0.2) is 4.79 Å². The minimum absolute atomic E-state index is 0.252. The fourth-order valence-electron chi connectivity index (χ4n) is 1.66. The number of hydrogen-bond acceptors (Lipinski definition) is 3. The Morgan fingerprint density at radius 3 is 2.94 bits per heavy atom. The standard InChI is InChI=1S/C12H14N2O3/c1-3-6-17-11-9-5-4-8(12(15)16)7-10(9)14(2)13-11/h4-5,7H,3,6H2,1-2H3,(H,15,16). The zero-order valence-corrected chi connectivity index (χ0v) is 9.80. The van der Waals surface area contributed by atoms with Crippen LogP contribution in [0.3, 0.4) is 0 Å². The van der Waals surface area contributed by atoms with Crippen LogP contribution in [0.2, 0.25) is 0 Å². The number of hydrogen-bond donors (Lipinski definition) is 1. The lowest BCUT2D eigenvalue weighted by Crippen LogP contribution is -1.97. The second-order valence-electron chi connectivity index (χ2n) is 3.81. The highest BCUT2D eigenvalue weighted by Gasteiger charge is 2.12. The van der Waals surface area contributed by atoms with Gasteiger partial charge in [0.1, 0.15) is 0 Å². The maximum absolute atomic E-state index is 10.9. The van der Waals surface area contributed by atoms with Gasteiger partial charge in [0.15, 0.2) is 0 Å². The molecule has 5 nitrogen and oxygen atoms in total. The minimum atomic E-state index is -0.941. The number of ether oxygens (including phenoxy) is 1. The number of rotatable bonds is 4. The van der Waals surface area contributed by atoms with Gasteiger partial charge in [-0.1, -0.05) is 6.92 Å². The molecular weight excluding hydrogens is 220 g/mol. The van der Waals surface area contributed by atoms with Crippen LogP contribution in [0.25, 0.3) is 10.9 Å². The highest BCUT2D eigenvalue weighted by molar-refractivity contribution is 5.94. The first-order chi connectivity index (χ1) is 8.13. The molecule has 90 valence electrons. The van der Waals surface area contributed by atoms with Gasteiger partial charge in [-0.2, -0.15) is 0 Å². The lowest BCUT2D eigenvalue weighted by Gasteiger charge is -2.00. The van der Waals surface area contributed by atoms with Gasteiger partial charge in [-0.15, -0.1) is 5.10 Å². The van der Waals surface area contributed by atoms with E-state index in [4.69, 9.17) is 9.84 Å². The number of carbonyl (C=O) groups is 1. The van der Waals surface area contributed by atoms with E-state index in [2.05, 4.69) is 5.10 Å². The summed E-state index contributed by atoms with van der Waals surface area (Å²) >= 11 is 0. The molecule has 0 atom stereocenters. The van der Waals surface area contributed by atoms with Crippen molar-refractivity contribution in [3.8, 4) is 5.88 Å². The van der Waals surface area contributed by atoms with Gasteiger partial charge in [0, 0.05) is 7.05 Å². The van der Waals surface area contributed by atoms with Crippen molar-refractivity contribution in [2.45, 2.75) is 13.3 Å². The molecule has 0 amide bonds. The largest absolute Gasteiger partial charge is 0.478 e. The van der Waals surface area contributed by atoms with Crippen LogP contribution in [0, 0.1) is 0 Å².